The Bertz CT molecular complexity index is 2760. The van der Waals surface area contributed by atoms with Gasteiger partial charge in [-0.05, 0) is 65.2 Å². The van der Waals surface area contributed by atoms with Crippen molar-refractivity contribution in [1.29, 1.82) is 10.5 Å². The summed E-state index contributed by atoms with van der Waals surface area (Å²) in [7, 11) is 0. The predicted molar refractivity (Wildman–Crippen MR) is 195 cm³/mol. The van der Waals surface area contributed by atoms with Crippen LogP contribution in [0.2, 0.25) is 0 Å². The third kappa shape index (κ3) is 4.07. The molecule has 0 saturated heterocycles. The van der Waals surface area contributed by atoms with Crippen LogP contribution >= 0.6 is 0 Å². The molecule has 0 N–H and O–H groups in total. The first-order valence-electron chi connectivity index (χ1n) is 15.9. The van der Waals surface area contributed by atoms with Crippen LogP contribution in [0.3, 0.4) is 0 Å². The molecular weight excluding hydrogens is 585 g/mol. The molecule has 4 heteroatoms. The molecule has 0 aliphatic heterocycles. The Labute approximate surface area is 277 Å². The van der Waals surface area contributed by atoms with Gasteiger partial charge >= 0.3 is 0 Å². The van der Waals surface area contributed by atoms with Crippen LogP contribution in [0.4, 0.5) is 0 Å². The maximum Gasteiger partial charge on any atom is 0.101 e. The van der Waals surface area contributed by atoms with Crippen LogP contribution in [0.5, 0.6) is 0 Å². The van der Waals surface area contributed by atoms with Gasteiger partial charge in [0.1, 0.15) is 12.1 Å². The van der Waals surface area contributed by atoms with E-state index in [9.17, 15) is 10.5 Å². The molecule has 0 amide bonds. The van der Waals surface area contributed by atoms with E-state index >= 15 is 0 Å². The summed E-state index contributed by atoms with van der Waals surface area (Å²) in [6.07, 6.45) is 0. The van der Waals surface area contributed by atoms with Gasteiger partial charge in [-0.15, -0.1) is 0 Å². The minimum Gasteiger partial charge on any atom is -0.308 e. The number of hydrogen-bond acceptors (Lipinski definition) is 2. The van der Waals surface area contributed by atoms with E-state index in [0.29, 0.717) is 11.1 Å². The van der Waals surface area contributed by atoms with Crippen molar-refractivity contribution in [2.45, 2.75) is 0 Å². The molecule has 0 atom stereocenters. The van der Waals surface area contributed by atoms with Crippen molar-refractivity contribution in [3.63, 3.8) is 0 Å². The van der Waals surface area contributed by atoms with Gasteiger partial charge in [0.15, 0.2) is 0 Å². The Morgan fingerprint density at radius 3 is 1.62 bits per heavy atom. The maximum atomic E-state index is 10.4. The molecule has 2 heterocycles. The van der Waals surface area contributed by atoms with Gasteiger partial charge in [-0.1, -0.05) is 109 Å². The Morgan fingerprint density at radius 1 is 0.375 bits per heavy atom. The molecular formula is C44H26N4. The molecule has 0 aliphatic rings. The number of fused-ring (bicyclic) bond motifs is 6. The van der Waals surface area contributed by atoms with Crippen molar-refractivity contribution >= 4 is 43.6 Å². The highest BCUT2D eigenvalue weighted by molar-refractivity contribution is 6.12. The standard InChI is InChI=1S/C44H26N4/c45-27-32-13-10-18-38-37-17-4-8-22-43(37)48(44(32)38)40-19-5-1-14-34(40)31-12-9-11-29(25-31)30-23-24-39(33(26-30)28-46)47-41-20-6-2-15-35(41)36-16-3-7-21-42(36)47/h1-26H. The second kappa shape index (κ2) is 10.9. The molecule has 0 aliphatic carbocycles. The first-order valence-corrected chi connectivity index (χ1v) is 15.9. The molecule has 0 saturated carbocycles. The number of nitrogens with zero attached hydrogens (tertiary/aromatic N) is 4. The number of para-hydroxylation sites is 5. The smallest absolute Gasteiger partial charge is 0.101 e. The van der Waals surface area contributed by atoms with Crippen LogP contribution in [0.25, 0.3) is 77.2 Å². The topological polar surface area (TPSA) is 57.4 Å². The van der Waals surface area contributed by atoms with E-state index in [-0.39, 0.29) is 0 Å². The molecule has 9 rings (SSSR count). The van der Waals surface area contributed by atoms with E-state index in [1.54, 1.807) is 0 Å². The average Bonchev–Trinajstić information content (AvgIpc) is 3.68. The second-order valence-electron chi connectivity index (χ2n) is 12.0. The zero-order chi connectivity index (χ0) is 32.2. The van der Waals surface area contributed by atoms with E-state index in [0.717, 1.165) is 77.2 Å². The maximum absolute atomic E-state index is 10.4. The van der Waals surface area contributed by atoms with Crippen molar-refractivity contribution in [2.75, 3.05) is 0 Å². The Hall–Kier alpha value is -6.88. The summed E-state index contributed by atoms with van der Waals surface area (Å²) < 4.78 is 4.42. The largest absolute Gasteiger partial charge is 0.308 e. The fourth-order valence-electron chi connectivity index (χ4n) is 7.32. The fraction of sp³-hybridized carbons (Fsp3) is 0. The van der Waals surface area contributed by atoms with Crippen LogP contribution in [0, 0.1) is 22.7 Å². The lowest BCUT2D eigenvalue weighted by Gasteiger charge is -2.16. The summed E-state index contributed by atoms with van der Waals surface area (Å²) in [5.41, 5.74) is 11.3. The lowest BCUT2D eigenvalue weighted by molar-refractivity contribution is 1.17. The third-order valence-electron chi connectivity index (χ3n) is 9.41. The zero-order valence-electron chi connectivity index (χ0n) is 25.8. The highest BCUT2D eigenvalue weighted by Gasteiger charge is 2.19. The van der Waals surface area contributed by atoms with Crippen molar-refractivity contribution in [3.05, 3.63) is 169 Å². The van der Waals surface area contributed by atoms with Crippen LogP contribution < -0.4 is 0 Å². The van der Waals surface area contributed by atoms with Crippen LogP contribution in [-0.2, 0) is 0 Å². The van der Waals surface area contributed by atoms with E-state index in [4.69, 9.17) is 0 Å². The van der Waals surface area contributed by atoms with Crippen molar-refractivity contribution in [1.82, 2.24) is 9.13 Å². The number of hydrogen-bond donors (Lipinski definition) is 0. The third-order valence-corrected chi connectivity index (χ3v) is 9.41. The summed E-state index contributed by atoms with van der Waals surface area (Å²) in [6.45, 7) is 0. The fourth-order valence-corrected chi connectivity index (χ4v) is 7.32. The first-order chi connectivity index (χ1) is 23.7. The SMILES string of the molecule is N#Cc1cc(-c2cccc(-c3ccccc3-n3c4ccccc4c4cccc(C#N)c43)c2)ccc1-n1c2ccccc2c2ccccc21. The van der Waals surface area contributed by atoms with Crippen molar-refractivity contribution in [2.24, 2.45) is 0 Å². The molecule has 2 aromatic heterocycles. The zero-order valence-corrected chi connectivity index (χ0v) is 25.8. The van der Waals surface area contributed by atoms with Gasteiger partial charge < -0.3 is 9.13 Å². The summed E-state index contributed by atoms with van der Waals surface area (Å²) in [4.78, 5) is 0. The molecule has 0 fully saturated rings. The summed E-state index contributed by atoms with van der Waals surface area (Å²) in [6, 6.07) is 58.9. The highest BCUT2D eigenvalue weighted by atomic mass is 15.0. The number of rotatable bonds is 4. The van der Waals surface area contributed by atoms with Gasteiger partial charge in [0, 0.05) is 27.1 Å². The monoisotopic (exact) mass is 610 g/mol. The van der Waals surface area contributed by atoms with E-state index in [2.05, 4.69) is 130 Å². The Kier molecular flexibility index (Phi) is 6.22. The number of aromatic nitrogens is 2. The van der Waals surface area contributed by atoms with Gasteiger partial charge in [-0.3, -0.25) is 0 Å². The van der Waals surface area contributed by atoms with Gasteiger partial charge in [0.25, 0.3) is 0 Å². The molecule has 0 spiro atoms. The molecule has 4 nitrogen and oxygen atoms in total. The highest BCUT2D eigenvalue weighted by Crippen LogP contribution is 2.39. The van der Waals surface area contributed by atoms with E-state index in [1.165, 1.54) is 0 Å². The summed E-state index contributed by atoms with van der Waals surface area (Å²) >= 11 is 0. The number of nitriles is 2. The summed E-state index contributed by atoms with van der Waals surface area (Å²) in [5, 5.41) is 25.1. The second-order valence-corrected chi connectivity index (χ2v) is 12.0. The molecule has 9 aromatic rings. The van der Waals surface area contributed by atoms with Crippen molar-refractivity contribution < 1.29 is 0 Å². The molecule has 0 radical (unpaired) electrons. The van der Waals surface area contributed by atoms with Crippen molar-refractivity contribution in [3.8, 4) is 45.8 Å². The van der Waals surface area contributed by atoms with Gasteiger partial charge in [0.05, 0.1) is 44.6 Å². The average molecular weight is 611 g/mol. The van der Waals surface area contributed by atoms with Gasteiger partial charge in [-0.25, -0.2) is 0 Å². The Morgan fingerprint density at radius 2 is 0.917 bits per heavy atom. The van der Waals surface area contributed by atoms with Gasteiger partial charge in [-0.2, -0.15) is 10.5 Å². The molecule has 7 aromatic carbocycles. The lowest BCUT2D eigenvalue weighted by atomic mass is 9.96. The summed E-state index contributed by atoms with van der Waals surface area (Å²) in [5.74, 6) is 0. The van der Waals surface area contributed by atoms with Crippen LogP contribution in [-0.4, -0.2) is 9.13 Å². The molecule has 0 bridgehead atoms. The van der Waals surface area contributed by atoms with E-state index in [1.807, 2.05) is 48.5 Å². The van der Waals surface area contributed by atoms with Crippen LogP contribution in [0.15, 0.2) is 158 Å². The lowest BCUT2D eigenvalue weighted by Crippen LogP contribution is -1.99. The normalized spacial score (nSPS) is 11.3. The predicted octanol–water partition coefficient (Wildman–Crippen LogP) is 11.0. The Balaban J connectivity index is 1.20. The van der Waals surface area contributed by atoms with E-state index < -0.39 is 0 Å². The van der Waals surface area contributed by atoms with Gasteiger partial charge in [0.2, 0.25) is 0 Å². The minimum atomic E-state index is 0.610. The van der Waals surface area contributed by atoms with Crippen LogP contribution in [0.1, 0.15) is 11.1 Å². The molecule has 48 heavy (non-hydrogen) atoms. The molecule has 0 unspecified atom stereocenters. The minimum absolute atomic E-state index is 0.610. The first kappa shape index (κ1) is 27.4. The quantitative estimate of drug-likeness (QED) is 0.199. The molecule has 222 valence electrons. The number of benzene rings is 7.